The molecule has 0 spiro atoms. The fraction of sp³-hybridized carbons (Fsp3) is 0.300. The van der Waals surface area contributed by atoms with Gasteiger partial charge in [0.05, 0.1) is 23.5 Å². The molecular weight excluding hydrogens is 366 g/mol. The molecule has 0 aliphatic rings. The minimum Gasteiger partial charge on any atom is -0.482 e. The van der Waals surface area contributed by atoms with Crippen molar-refractivity contribution in [2.45, 2.75) is 12.5 Å². The van der Waals surface area contributed by atoms with Gasteiger partial charge in [-0.05, 0) is 31.2 Å². The molecule has 0 fully saturated rings. The summed E-state index contributed by atoms with van der Waals surface area (Å²) < 4.78 is 7.24. The maximum atomic E-state index is 12.7. The van der Waals surface area contributed by atoms with Crippen molar-refractivity contribution in [2.24, 2.45) is 0 Å². The number of hydrogen-bond acceptors (Lipinski definition) is 6. The van der Waals surface area contributed by atoms with Crippen molar-refractivity contribution in [1.29, 1.82) is 0 Å². The Balaban J connectivity index is 1.92. The Morgan fingerprint density at radius 3 is 2.48 bits per heavy atom. The number of benzene rings is 2. The highest BCUT2D eigenvalue weighted by atomic mass is 32.1. The molecule has 0 unspecified atom stereocenters. The lowest BCUT2D eigenvalue weighted by molar-refractivity contribution is -0.140. The maximum absolute atomic E-state index is 12.7. The molecule has 0 saturated carbocycles. The lowest BCUT2D eigenvalue weighted by Gasteiger charge is -2.35. The first-order valence-electron chi connectivity index (χ1n) is 8.47. The van der Waals surface area contributed by atoms with Crippen molar-refractivity contribution in [3.8, 4) is 5.75 Å². The highest BCUT2D eigenvalue weighted by Crippen LogP contribution is 2.31. The Labute approximate surface area is 160 Å². The molecule has 0 saturated heterocycles. The van der Waals surface area contributed by atoms with Crippen LogP contribution in [0.4, 0.5) is 0 Å². The third kappa shape index (κ3) is 3.53. The van der Waals surface area contributed by atoms with Crippen LogP contribution in [0.25, 0.3) is 20.2 Å². The van der Waals surface area contributed by atoms with E-state index < -0.39 is 5.54 Å². The summed E-state index contributed by atoms with van der Waals surface area (Å²) in [4.78, 5) is 26.4. The van der Waals surface area contributed by atoms with Crippen LogP contribution < -0.4 is 10.2 Å². The van der Waals surface area contributed by atoms with E-state index in [0.717, 1.165) is 4.70 Å². The summed E-state index contributed by atoms with van der Waals surface area (Å²) in [7, 11) is 1.51. The minimum absolute atomic E-state index is 0.0682. The lowest BCUT2D eigenvalue weighted by Crippen LogP contribution is -2.54. The van der Waals surface area contributed by atoms with Crippen molar-refractivity contribution in [1.82, 2.24) is 4.90 Å². The first-order valence-corrected chi connectivity index (χ1v) is 9.28. The summed E-state index contributed by atoms with van der Waals surface area (Å²) in [6, 6.07) is 12.6. The number of rotatable bonds is 6. The van der Waals surface area contributed by atoms with Crippen molar-refractivity contribution >= 4 is 37.4 Å². The Morgan fingerprint density at radius 2 is 1.78 bits per heavy atom. The van der Waals surface area contributed by atoms with Crippen molar-refractivity contribution < 1.29 is 19.7 Å². The van der Waals surface area contributed by atoms with Gasteiger partial charge in [-0.3, -0.25) is 9.59 Å². The van der Waals surface area contributed by atoms with Gasteiger partial charge < -0.3 is 19.8 Å². The number of carbonyl (C=O) groups excluding carboxylic acids is 1. The molecule has 3 rings (SSSR count). The van der Waals surface area contributed by atoms with Gasteiger partial charge in [0.2, 0.25) is 0 Å². The number of amides is 1. The Morgan fingerprint density at radius 1 is 1.11 bits per heavy atom. The minimum atomic E-state index is -1.07. The predicted octanol–water partition coefficient (Wildman–Crippen LogP) is 2.00. The zero-order valence-corrected chi connectivity index (χ0v) is 16.0. The molecule has 0 atom stereocenters. The number of nitrogens with zero attached hydrogens (tertiary/aromatic N) is 1. The summed E-state index contributed by atoms with van der Waals surface area (Å²) in [6.07, 6.45) is 0. The van der Waals surface area contributed by atoms with E-state index in [2.05, 4.69) is 0 Å². The topological polar surface area (TPSA) is 87.1 Å². The molecule has 3 aromatic rings. The van der Waals surface area contributed by atoms with Gasteiger partial charge >= 0.3 is 0 Å². The van der Waals surface area contributed by atoms with E-state index in [1.54, 1.807) is 31.2 Å². The number of hydrogen-bond donors (Lipinski definition) is 2. The third-order valence-corrected chi connectivity index (χ3v) is 5.98. The number of aliphatic hydroxyl groups excluding tert-OH is 2. The van der Waals surface area contributed by atoms with E-state index in [-0.39, 0.29) is 31.2 Å². The van der Waals surface area contributed by atoms with E-state index in [1.165, 1.54) is 23.3 Å². The lowest BCUT2D eigenvalue weighted by atomic mass is 10.0. The molecule has 0 aliphatic carbocycles. The monoisotopic (exact) mass is 387 g/mol. The fourth-order valence-corrected chi connectivity index (χ4v) is 3.85. The quantitative estimate of drug-likeness (QED) is 0.632. The second-order valence-corrected chi connectivity index (χ2v) is 7.67. The number of aliphatic hydroxyl groups is 2. The van der Waals surface area contributed by atoms with Crippen LogP contribution in [0.1, 0.15) is 6.92 Å². The largest absolute Gasteiger partial charge is 0.482 e. The van der Waals surface area contributed by atoms with Gasteiger partial charge in [0, 0.05) is 22.5 Å². The molecular formula is C20H21NO5S. The van der Waals surface area contributed by atoms with Gasteiger partial charge in [0.25, 0.3) is 5.91 Å². The van der Waals surface area contributed by atoms with Crippen LogP contribution in [0.3, 0.4) is 0 Å². The molecule has 1 heterocycles. The normalized spacial score (nSPS) is 11.7. The smallest absolute Gasteiger partial charge is 0.260 e. The highest BCUT2D eigenvalue weighted by Gasteiger charge is 2.31. The third-order valence-electron chi connectivity index (χ3n) is 4.78. The summed E-state index contributed by atoms with van der Waals surface area (Å²) in [5.74, 6) is 0.0718. The van der Waals surface area contributed by atoms with Gasteiger partial charge in [-0.15, -0.1) is 11.3 Å². The number of carbonyl (C=O) groups is 1. The second-order valence-electron chi connectivity index (χ2n) is 6.61. The standard InChI is InChI=1S/C20H21NO5S/c1-20(11-22,12-23)21(2)17(24)10-26-15-8-5-7-14-18(25)13-6-3-4-9-16(13)27-19(14)15/h3-9,22-23H,10-12H2,1-2H3. The summed E-state index contributed by atoms with van der Waals surface area (Å²) in [5, 5.41) is 20.1. The van der Waals surface area contributed by atoms with Crippen LogP contribution in [0.2, 0.25) is 0 Å². The predicted molar refractivity (Wildman–Crippen MR) is 106 cm³/mol. The van der Waals surface area contributed by atoms with Crippen molar-refractivity contribution in [2.75, 3.05) is 26.9 Å². The van der Waals surface area contributed by atoms with E-state index in [4.69, 9.17) is 4.74 Å². The van der Waals surface area contributed by atoms with Crippen LogP contribution >= 0.6 is 11.3 Å². The van der Waals surface area contributed by atoms with Gasteiger partial charge in [0.15, 0.2) is 12.0 Å². The molecule has 142 valence electrons. The molecule has 27 heavy (non-hydrogen) atoms. The van der Waals surface area contributed by atoms with Crippen molar-refractivity contribution in [3.63, 3.8) is 0 Å². The van der Waals surface area contributed by atoms with Crippen molar-refractivity contribution in [3.05, 3.63) is 52.7 Å². The molecule has 0 radical (unpaired) electrons. The Hall–Kier alpha value is -2.48. The average Bonchev–Trinajstić information content (AvgIpc) is 2.71. The number of likely N-dealkylation sites (N-methyl/N-ethyl adjacent to an activating group) is 1. The van der Waals surface area contributed by atoms with Crippen LogP contribution in [0.5, 0.6) is 5.75 Å². The van der Waals surface area contributed by atoms with Crippen LogP contribution in [0.15, 0.2) is 47.3 Å². The molecule has 2 N–H and O–H groups in total. The molecule has 0 bridgehead atoms. The number of fused-ring (bicyclic) bond motifs is 2. The molecule has 1 aromatic heterocycles. The van der Waals surface area contributed by atoms with Gasteiger partial charge in [-0.2, -0.15) is 0 Å². The van der Waals surface area contributed by atoms with E-state index in [9.17, 15) is 19.8 Å². The SMILES string of the molecule is CN(C(=O)COc1cccc2c(=O)c3ccccc3sc12)C(C)(CO)CO. The first kappa shape index (κ1) is 19.3. The zero-order valence-electron chi connectivity index (χ0n) is 15.1. The first-order chi connectivity index (χ1) is 12.9. The summed E-state index contributed by atoms with van der Waals surface area (Å²) in [6.45, 7) is 0.584. The van der Waals surface area contributed by atoms with E-state index in [0.29, 0.717) is 21.2 Å². The summed E-state index contributed by atoms with van der Waals surface area (Å²) >= 11 is 1.44. The van der Waals surface area contributed by atoms with Crippen LogP contribution in [0, 0.1) is 0 Å². The molecule has 0 aliphatic heterocycles. The second kappa shape index (κ2) is 7.64. The van der Waals surface area contributed by atoms with E-state index >= 15 is 0 Å². The zero-order chi connectivity index (χ0) is 19.6. The van der Waals surface area contributed by atoms with E-state index in [1.807, 2.05) is 18.2 Å². The molecule has 6 nitrogen and oxygen atoms in total. The Bertz CT molecular complexity index is 1040. The Kier molecular flexibility index (Phi) is 5.46. The van der Waals surface area contributed by atoms with Crippen LogP contribution in [-0.4, -0.2) is 53.4 Å². The summed E-state index contributed by atoms with van der Waals surface area (Å²) in [5.41, 5.74) is -1.14. The van der Waals surface area contributed by atoms with Gasteiger partial charge in [-0.25, -0.2) is 0 Å². The molecule has 7 heteroatoms. The van der Waals surface area contributed by atoms with Crippen LogP contribution in [-0.2, 0) is 4.79 Å². The van der Waals surface area contributed by atoms with Gasteiger partial charge in [0.1, 0.15) is 5.75 Å². The fourth-order valence-electron chi connectivity index (χ4n) is 2.71. The number of ether oxygens (including phenoxy) is 1. The highest BCUT2D eigenvalue weighted by molar-refractivity contribution is 7.24. The maximum Gasteiger partial charge on any atom is 0.260 e. The van der Waals surface area contributed by atoms with Gasteiger partial charge in [-0.1, -0.05) is 18.2 Å². The molecule has 1 amide bonds. The molecule has 2 aromatic carbocycles. The average molecular weight is 387 g/mol.